The van der Waals surface area contributed by atoms with Crippen LogP contribution in [0.2, 0.25) is 0 Å². The first-order valence-electron chi connectivity index (χ1n) is 9.51. The Morgan fingerprint density at radius 2 is 1.97 bits per heavy atom. The highest BCUT2D eigenvalue weighted by molar-refractivity contribution is 5.97. The van der Waals surface area contributed by atoms with E-state index in [1.54, 1.807) is 42.7 Å². The molecule has 8 heteroatoms. The van der Waals surface area contributed by atoms with Crippen LogP contribution in [0.4, 0.5) is 0 Å². The molecule has 2 aromatic heterocycles. The van der Waals surface area contributed by atoms with Gasteiger partial charge >= 0.3 is 0 Å². The van der Waals surface area contributed by atoms with Gasteiger partial charge in [0.25, 0.3) is 5.91 Å². The number of hydrogen-bond donors (Lipinski definition) is 2. The van der Waals surface area contributed by atoms with Crippen LogP contribution in [0.15, 0.2) is 65.5 Å². The molecule has 8 nitrogen and oxygen atoms in total. The molecule has 2 N–H and O–H groups in total. The summed E-state index contributed by atoms with van der Waals surface area (Å²) in [5.41, 5.74) is 1.29. The molecule has 30 heavy (non-hydrogen) atoms. The molecule has 0 saturated carbocycles. The van der Waals surface area contributed by atoms with Gasteiger partial charge in [0.2, 0.25) is 5.91 Å². The predicted octanol–water partition coefficient (Wildman–Crippen LogP) is 2.70. The summed E-state index contributed by atoms with van der Waals surface area (Å²) in [6, 6.07) is 12.1. The summed E-state index contributed by atoms with van der Waals surface area (Å²) in [4.78, 5) is 28.4. The number of carbonyl (C=O) groups excluding carboxylic acids is 2. The number of nitrogens with one attached hydrogen (secondary N) is 2. The van der Waals surface area contributed by atoms with Crippen molar-refractivity contribution in [1.82, 2.24) is 15.6 Å². The highest BCUT2D eigenvalue weighted by atomic mass is 16.5. The molecule has 0 bridgehead atoms. The second kappa shape index (κ2) is 10.7. The van der Waals surface area contributed by atoms with Crippen molar-refractivity contribution in [1.29, 1.82) is 0 Å². The zero-order valence-electron chi connectivity index (χ0n) is 16.6. The van der Waals surface area contributed by atoms with E-state index in [2.05, 4.69) is 15.6 Å². The molecule has 0 aliphatic heterocycles. The van der Waals surface area contributed by atoms with Crippen molar-refractivity contribution in [2.75, 3.05) is 13.2 Å². The second-order valence-corrected chi connectivity index (χ2v) is 6.28. The molecule has 3 rings (SSSR count). The number of pyridine rings is 1. The van der Waals surface area contributed by atoms with E-state index in [0.29, 0.717) is 36.0 Å². The molecular formula is C22H23N3O5. The number of rotatable bonds is 10. The van der Waals surface area contributed by atoms with E-state index in [0.717, 1.165) is 5.56 Å². The Morgan fingerprint density at radius 1 is 1.07 bits per heavy atom. The van der Waals surface area contributed by atoms with E-state index in [1.165, 1.54) is 6.26 Å². The fourth-order valence-electron chi connectivity index (χ4n) is 2.61. The quantitative estimate of drug-likeness (QED) is 0.534. The molecule has 2 heterocycles. The summed E-state index contributed by atoms with van der Waals surface area (Å²) in [5.74, 6) is 0.909. The zero-order chi connectivity index (χ0) is 21.2. The minimum atomic E-state index is -0.386. The largest absolute Gasteiger partial charge is 0.490 e. The van der Waals surface area contributed by atoms with E-state index in [-0.39, 0.29) is 24.9 Å². The van der Waals surface area contributed by atoms with Crippen LogP contribution in [0.3, 0.4) is 0 Å². The lowest BCUT2D eigenvalue weighted by Gasteiger charge is -2.13. The third kappa shape index (κ3) is 6.10. The summed E-state index contributed by atoms with van der Waals surface area (Å²) in [6.07, 6.45) is 4.95. The highest BCUT2D eigenvalue weighted by Crippen LogP contribution is 2.29. The minimum absolute atomic E-state index is 0.150. The maximum atomic E-state index is 12.4. The number of carbonyl (C=O) groups is 2. The van der Waals surface area contributed by atoms with E-state index < -0.39 is 0 Å². The average Bonchev–Trinajstić information content (AvgIpc) is 3.30. The van der Waals surface area contributed by atoms with Crippen molar-refractivity contribution in [2.45, 2.75) is 20.1 Å². The summed E-state index contributed by atoms with van der Waals surface area (Å²) < 4.78 is 16.6. The van der Waals surface area contributed by atoms with Crippen LogP contribution >= 0.6 is 0 Å². The molecule has 0 atom stereocenters. The number of nitrogens with zero attached hydrogens (tertiary/aromatic N) is 1. The van der Waals surface area contributed by atoms with Gasteiger partial charge in [-0.05, 0) is 43.3 Å². The Kier molecular flexibility index (Phi) is 7.43. The first kappa shape index (κ1) is 20.9. The first-order valence-corrected chi connectivity index (χ1v) is 9.51. The molecule has 0 spiro atoms. The van der Waals surface area contributed by atoms with Crippen molar-refractivity contribution >= 4 is 11.8 Å². The second-order valence-electron chi connectivity index (χ2n) is 6.28. The summed E-state index contributed by atoms with van der Waals surface area (Å²) >= 11 is 0. The average molecular weight is 409 g/mol. The monoisotopic (exact) mass is 409 g/mol. The Morgan fingerprint density at radius 3 is 2.70 bits per heavy atom. The number of furan rings is 1. The number of amides is 2. The highest BCUT2D eigenvalue weighted by Gasteiger charge is 2.13. The topological polar surface area (TPSA) is 103 Å². The fourth-order valence-corrected chi connectivity index (χ4v) is 2.61. The Bertz CT molecular complexity index is 958. The van der Waals surface area contributed by atoms with Gasteiger partial charge in [0.15, 0.2) is 11.5 Å². The normalized spacial score (nSPS) is 10.3. The minimum Gasteiger partial charge on any atom is -0.490 e. The number of aromatic nitrogens is 1. The lowest BCUT2D eigenvalue weighted by atomic mass is 10.2. The zero-order valence-corrected chi connectivity index (χ0v) is 16.6. The van der Waals surface area contributed by atoms with Crippen molar-refractivity contribution in [2.24, 2.45) is 0 Å². The van der Waals surface area contributed by atoms with Crippen molar-refractivity contribution < 1.29 is 23.5 Å². The van der Waals surface area contributed by atoms with Gasteiger partial charge in [-0.3, -0.25) is 14.6 Å². The lowest BCUT2D eigenvalue weighted by molar-refractivity contribution is -0.120. The van der Waals surface area contributed by atoms with Crippen molar-refractivity contribution in [3.8, 4) is 11.5 Å². The third-order valence-electron chi connectivity index (χ3n) is 4.07. The fraction of sp³-hybridized carbons (Fsp3) is 0.227. The SMILES string of the molecule is CCOc1cc(C(=O)NCC(=O)NCc2ccco2)ccc1OCc1cccnc1. The van der Waals surface area contributed by atoms with Gasteiger partial charge in [0, 0.05) is 23.5 Å². The van der Waals surface area contributed by atoms with Gasteiger partial charge in [0.1, 0.15) is 12.4 Å². The van der Waals surface area contributed by atoms with Crippen LogP contribution in [0.1, 0.15) is 28.6 Å². The van der Waals surface area contributed by atoms with E-state index in [4.69, 9.17) is 13.9 Å². The van der Waals surface area contributed by atoms with Gasteiger partial charge in [-0.15, -0.1) is 0 Å². The van der Waals surface area contributed by atoms with Crippen LogP contribution in [0, 0.1) is 0 Å². The van der Waals surface area contributed by atoms with Crippen LogP contribution in [-0.2, 0) is 17.9 Å². The van der Waals surface area contributed by atoms with Gasteiger partial charge < -0.3 is 24.5 Å². The smallest absolute Gasteiger partial charge is 0.251 e. The Hall–Kier alpha value is -3.81. The molecule has 3 aromatic rings. The molecular weight excluding hydrogens is 386 g/mol. The maximum absolute atomic E-state index is 12.4. The number of hydrogen-bond acceptors (Lipinski definition) is 6. The first-order chi connectivity index (χ1) is 14.7. The molecule has 0 saturated heterocycles. The van der Waals surface area contributed by atoms with E-state index >= 15 is 0 Å². The van der Waals surface area contributed by atoms with Gasteiger partial charge in [0.05, 0.1) is 26.0 Å². The molecule has 1 aromatic carbocycles. The van der Waals surface area contributed by atoms with Gasteiger partial charge in [-0.1, -0.05) is 6.07 Å². The molecule has 0 unspecified atom stereocenters. The molecule has 0 radical (unpaired) electrons. The molecule has 156 valence electrons. The third-order valence-corrected chi connectivity index (χ3v) is 4.07. The Balaban J connectivity index is 1.55. The standard InChI is InChI=1S/C22H23N3O5/c1-2-28-20-11-17(7-8-19(20)30-15-16-5-3-9-23-12-16)22(27)25-14-21(26)24-13-18-6-4-10-29-18/h3-12H,2,13-15H2,1H3,(H,24,26)(H,25,27). The van der Waals surface area contributed by atoms with E-state index in [9.17, 15) is 9.59 Å². The van der Waals surface area contributed by atoms with Crippen molar-refractivity contribution in [3.63, 3.8) is 0 Å². The summed E-state index contributed by atoms with van der Waals surface area (Å²) in [5, 5.41) is 5.26. The van der Waals surface area contributed by atoms with Crippen LogP contribution < -0.4 is 20.1 Å². The van der Waals surface area contributed by atoms with E-state index in [1.807, 2.05) is 19.1 Å². The summed E-state index contributed by atoms with van der Waals surface area (Å²) in [7, 11) is 0. The molecule has 0 aliphatic rings. The Labute approximate surface area is 174 Å². The lowest BCUT2D eigenvalue weighted by Crippen LogP contribution is -2.36. The molecule has 0 fully saturated rings. The maximum Gasteiger partial charge on any atom is 0.251 e. The van der Waals surface area contributed by atoms with Crippen LogP contribution in [-0.4, -0.2) is 29.9 Å². The van der Waals surface area contributed by atoms with Gasteiger partial charge in [-0.2, -0.15) is 0 Å². The number of benzene rings is 1. The molecule has 2 amide bonds. The van der Waals surface area contributed by atoms with Gasteiger partial charge in [-0.25, -0.2) is 0 Å². The molecule has 0 aliphatic carbocycles. The van der Waals surface area contributed by atoms with Crippen molar-refractivity contribution in [3.05, 3.63) is 78.0 Å². The predicted molar refractivity (Wildman–Crippen MR) is 109 cm³/mol. The summed E-state index contributed by atoms with van der Waals surface area (Å²) in [6.45, 7) is 2.71. The number of ether oxygens (including phenoxy) is 2. The van der Waals surface area contributed by atoms with Crippen LogP contribution in [0.25, 0.3) is 0 Å². The van der Waals surface area contributed by atoms with Crippen LogP contribution in [0.5, 0.6) is 11.5 Å².